The van der Waals surface area contributed by atoms with Crippen molar-refractivity contribution in [2.45, 2.75) is 51.5 Å². The van der Waals surface area contributed by atoms with Crippen LogP contribution in [0.3, 0.4) is 0 Å². The summed E-state index contributed by atoms with van der Waals surface area (Å²) >= 11 is 1.61. The summed E-state index contributed by atoms with van der Waals surface area (Å²) in [5.41, 5.74) is 0.597. The molecule has 0 saturated carbocycles. The van der Waals surface area contributed by atoms with Crippen molar-refractivity contribution in [2.24, 2.45) is 0 Å². The monoisotopic (exact) mass is 328 g/mol. The Balaban J connectivity index is 2.14. The van der Waals surface area contributed by atoms with Crippen molar-refractivity contribution >= 4 is 21.2 Å². The SMILES string of the molecule is Cc1cc(CS(=O)(=O)Cc2nc(C(C)(C)C)no2)c(C)s1. The van der Waals surface area contributed by atoms with E-state index in [4.69, 9.17) is 4.52 Å². The summed E-state index contributed by atoms with van der Waals surface area (Å²) in [6, 6.07) is 1.92. The number of hydrogen-bond donors (Lipinski definition) is 0. The number of hydrogen-bond acceptors (Lipinski definition) is 6. The number of aryl methyl sites for hydroxylation is 2. The molecule has 0 unspecified atom stereocenters. The Morgan fingerprint density at radius 1 is 1.24 bits per heavy atom. The maximum atomic E-state index is 12.3. The van der Waals surface area contributed by atoms with Gasteiger partial charge in [-0.15, -0.1) is 11.3 Å². The van der Waals surface area contributed by atoms with Gasteiger partial charge in [0.05, 0.1) is 5.75 Å². The molecule has 0 N–H and O–H groups in total. The number of sulfone groups is 1. The standard InChI is InChI=1S/C14H20N2O3S2/c1-9-6-11(10(2)20-9)7-21(17,18)8-12-15-13(16-19-12)14(3,4)5/h6H,7-8H2,1-5H3. The van der Waals surface area contributed by atoms with Crippen LogP contribution in [-0.4, -0.2) is 18.6 Å². The first-order valence-electron chi connectivity index (χ1n) is 6.66. The molecule has 2 heterocycles. The van der Waals surface area contributed by atoms with Gasteiger partial charge in [-0.1, -0.05) is 25.9 Å². The molecule has 0 radical (unpaired) electrons. The van der Waals surface area contributed by atoms with Crippen LogP contribution in [0, 0.1) is 13.8 Å². The second kappa shape index (κ2) is 5.53. The van der Waals surface area contributed by atoms with Crippen molar-refractivity contribution in [1.29, 1.82) is 0 Å². The van der Waals surface area contributed by atoms with Crippen molar-refractivity contribution in [3.05, 3.63) is 33.1 Å². The lowest BCUT2D eigenvalue weighted by Crippen LogP contribution is -2.14. The molecule has 116 valence electrons. The van der Waals surface area contributed by atoms with E-state index < -0.39 is 9.84 Å². The first kappa shape index (κ1) is 16.2. The summed E-state index contributed by atoms with van der Waals surface area (Å²) in [4.78, 5) is 6.34. The van der Waals surface area contributed by atoms with Gasteiger partial charge in [0.25, 0.3) is 0 Å². The van der Waals surface area contributed by atoms with E-state index >= 15 is 0 Å². The van der Waals surface area contributed by atoms with E-state index in [1.807, 2.05) is 40.7 Å². The van der Waals surface area contributed by atoms with Gasteiger partial charge in [-0.25, -0.2) is 8.42 Å². The first-order chi connectivity index (χ1) is 9.57. The van der Waals surface area contributed by atoms with Crippen molar-refractivity contribution in [3.63, 3.8) is 0 Å². The second-order valence-electron chi connectivity index (χ2n) is 6.23. The van der Waals surface area contributed by atoms with E-state index in [9.17, 15) is 8.42 Å². The molecule has 0 atom stereocenters. The Morgan fingerprint density at radius 2 is 1.90 bits per heavy atom. The minimum absolute atomic E-state index is 0.0103. The number of nitrogens with zero attached hydrogens (tertiary/aromatic N) is 2. The van der Waals surface area contributed by atoms with Crippen molar-refractivity contribution in [2.75, 3.05) is 0 Å². The molecule has 0 saturated heterocycles. The molecule has 21 heavy (non-hydrogen) atoms. The van der Waals surface area contributed by atoms with E-state index in [2.05, 4.69) is 10.1 Å². The fourth-order valence-electron chi connectivity index (χ4n) is 1.92. The van der Waals surface area contributed by atoms with Gasteiger partial charge in [0.15, 0.2) is 15.7 Å². The molecule has 0 amide bonds. The highest BCUT2D eigenvalue weighted by Crippen LogP contribution is 2.24. The Bertz CT molecular complexity index is 737. The summed E-state index contributed by atoms with van der Waals surface area (Å²) in [5, 5.41) is 3.85. The topological polar surface area (TPSA) is 73.1 Å². The normalized spacial score (nSPS) is 12.8. The Morgan fingerprint density at radius 3 is 2.38 bits per heavy atom. The van der Waals surface area contributed by atoms with Crippen LogP contribution in [0.1, 0.15) is 47.8 Å². The predicted molar refractivity (Wildman–Crippen MR) is 83.1 cm³/mol. The minimum atomic E-state index is -3.32. The molecular weight excluding hydrogens is 308 g/mol. The van der Waals surface area contributed by atoms with Crippen molar-refractivity contribution < 1.29 is 12.9 Å². The van der Waals surface area contributed by atoms with Crippen LogP contribution in [0.4, 0.5) is 0 Å². The zero-order valence-electron chi connectivity index (χ0n) is 12.9. The van der Waals surface area contributed by atoms with Gasteiger partial charge in [0.2, 0.25) is 5.89 Å². The molecule has 5 nitrogen and oxygen atoms in total. The lowest BCUT2D eigenvalue weighted by molar-refractivity contribution is 0.371. The highest BCUT2D eigenvalue weighted by Gasteiger charge is 2.24. The molecule has 2 aromatic heterocycles. The lowest BCUT2D eigenvalue weighted by Gasteiger charge is -2.10. The summed E-state index contributed by atoms with van der Waals surface area (Å²) in [6.45, 7) is 9.77. The number of rotatable bonds is 4. The zero-order chi connectivity index (χ0) is 15.8. The average Bonchev–Trinajstić information content (AvgIpc) is 2.85. The highest BCUT2D eigenvalue weighted by atomic mass is 32.2. The minimum Gasteiger partial charge on any atom is -0.338 e. The molecule has 0 aromatic carbocycles. The van der Waals surface area contributed by atoms with E-state index in [1.165, 1.54) is 0 Å². The maximum absolute atomic E-state index is 12.3. The molecule has 0 fully saturated rings. The van der Waals surface area contributed by atoms with Crippen LogP contribution in [0.15, 0.2) is 10.6 Å². The summed E-state index contributed by atoms with van der Waals surface area (Å²) in [6.07, 6.45) is 0. The van der Waals surface area contributed by atoms with Crippen LogP contribution in [-0.2, 0) is 26.8 Å². The molecule has 0 aliphatic rings. The van der Waals surface area contributed by atoms with Crippen molar-refractivity contribution in [1.82, 2.24) is 10.1 Å². The fraction of sp³-hybridized carbons (Fsp3) is 0.571. The summed E-state index contributed by atoms with van der Waals surface area (Å²) in [5.74, 6) is 0.473. The van der Waals surface area contributed by atoms with Crippen molar-refractivity contribution in [3.8, 4) is 0 Å². The molecule has 0 aliphatic carbocycles. The van der Waals surface area contributed by atoms with E-state index in [-0.39, 0.29) is 22.8 Å². The zero-order valence-corrected chi connectivity index (χ0v) is 14.6. The molecule has 2 aromatic rings. The van der Waals surface area contributed by atoms with Crippen LogP contribution < -0.4 is 0 Å². The molecule has 7 heteroatoms. The van der Waals surface area contributed by atoms with Gasteiger partial charge in [0.1, 0.15) is 5.75 Å². The predicted octanol–water partition coefficient (Wildman–Crippen LogP) is 3.16. The average molecular weight is 328 g/mol. The third kappa shape index (κ3) is 4.14. The molecule has 0 spiro atoms. The van der Waals surface area contributed by atoms with Gasteiger partial charge in [-0.3, -0.25) is 0 Å². The van der Waals surface area contributed by atoms with Gasteiger partial charge >= 0.3 is 0 Å². The molecule has 2 rings (SSSR count). The lowest BCUT2D eigenvalue weighted by atomic mass is 9.96. The van der Waals surface area contributed by atoms with Gasteiger partial charge in [-0.2, -0.15) is 4.98 Å². The van der Waals surface area contributed by atoms with Crippen LogP contribution in [0.2, 0.25) is 0 Å². The smallest absolute Gasteiger partial charge is 0.241 e. The Labute approximate surface area is 129 Å². The van der Waals surface area contributed by atoms with Crippen LogP contribution in [0.5, 0.6) is 0 Å². The molecular formula is C14H20N2O3S2. The summed E-state index contributed by atoms with van der Waals surface area (Å²) in [7, 11) is -3.32. The molecule has 0 aliphatic heterocycles. The largest absolute Gasteiger partial charge is 0.338 e. The Hall–Kier alpha value is -1.21. The highest BCUT2D eigenvalue weighted by molar-refractivity contribution is 7.89. The van der Waals surface area contributed by atoms with E-state index in [0.717, 1.165) is 15.3 Å². The van der Waals surface area contributed by atoms with Gasteiger partial charge in [-0.05, 0) is 25.5 Å². The number of thiophene rings is 1. The third-order valence-electron chi connectivity index (χ3n) is 3.00. The number of aromatic nitrogens is 2. The second-order valence-corrected chi connectivity index (χ2v) is 9.76. The Kier molecular flexibility index (Phi) is 4.26. The van der Waals surface area contributed by atoms with E-state index in [1.54, 1.807) is 11.3 Å². The van der Waals surface area contributed by atoms with E-state index in [0.29, 0.717) is 5.82 Å². The molecule has 0 bridgehead atoms. The third-order valence-corrected chi connectivity index (χ3v) is 5.45. The van der Waals surface area contributed by atoms with Gasteiger partial charge < -0.3 is 4.52 Å². The van der Waals surface area contributed by atoms with Crippen LogP contribution >= 0.6 is 11.3 Å². The van der Waals surface area contributed by atoms with Crippen LogP contribution in [0.25, 0.3) is 0 Å². The maximum Gasteiger partial charge on any atom is 0.241 e. The van der Waals surface area contributed by atoms with Gasteiger partial charge in [0, 0.05) is 15.2 Å². The quantitative estimate of drug-likeness (QED) is 0.862. The first-order valence-corrected chi connectivity index (χ1v) is 9.30. The summed E-state index contributed by atoms with van der Waals surface area (Å²) < 4.78 is 29.6. The fourth-order valence-corrected chi connectivity index (χ4v) is 4.33.